The standard InChI is InChI=1S/C19H38N4O/c1-14(2)23-9-7-8-15(13-23)12-20-17(24)21-16-10-18(3,4)22-19(5,6)11-16/h14-16,22H,7-13H2,1-6H3,(H2,20,21,24)/t15-/m1/s1. The number of hydrogen-bond acceptors (Lipinski definition) is 3. The fourth-order valence-corrected chi connectivity index (χ4v) is 4.63. The van der Waals surface area contributed by atoms with Crippen LogP contribution in [0.25, 0.3) is 0 Å². The van der Waals surface area contributed by atoms with Crippen molar-refractivity contribution < 1.29 is 4.79 Å². The van der Waals surface area contributed by atoms with E-state index in [0.717, 1.165) is 25.9 Å². The van der Waals surface area contributed by atoms with Gasteiger partial charge in [-0.05, 0) is 79.7 Å². The minimum atomic E-state index is -0.00447. The van der Waals surface area contributed by atoms with Crippen molar-refractivity contribution in [2.75, 3.05) is 19.6 Å². The lowest BCUT2D eigenvalue weighted by molar-refractivity contribution is 0.136. The predicted molar refractivity (Wildman–Crippen MR) is 100 cm³/mol. The largest absolute Gasteiger partial charge is 0.338 e. The normalized spacial score (nSPS) is 27.9. The first-order valence-corrected chi connectivity index (χ1v) is 9.64. The van der Waals surface area contributed by atoms with E-state index in [4.69, 9.17) is 0 Å². The zero-order valence-corrected chi connectivity index (χ0v) is 16.5. The lowest BCUT2D eigenvalue weighted by Gasteiger charge is -2.46. The summed E-state index contributed by atoms with van der Waals surface area (Å²) >= 11 is 0. The van der Waals surface area contributed by atoms with E-state index >= 15 is 0 Å². The molecule has 0 aromatic rings. The Morgan fingerprint density at radius 3 is 2.42 bits per heavy atom. The van der Waals surface area contributed by atoms with Gasteiger partial charge in [0.05, 0.1) is 0 Å². The molecular weight excluding hydrogens is 300 g/mol. The number of likely N-dealkylation sites (tertiary alicyclic amines) is 1. The van der Waals surface area contributed by atoms with Crippen LogP contribution in [0.1, 0.15) is 67.2 Å². The lowest BCUT2D eigenvalue weighted by atomic mass is 9.80. The van der Waals surface area contributed by atoms with Crippen molar-refractivity contribution >= 4 is 6.03 Å². The summed E-state index contributed by atoms with van der Waals surface area (Å²) in [7, 11) is 0. The van der Waals surface area contributed by atoms with E-state index in [1.165, 1.54) is 19.4 Å². The number of carbonyl (C=O) groups excluding carboxylic acids is 1. The van der Waals surface area contributed by atoms with Crippen LogP contribution in [0.3, 0.4) is 0 Å². The topological polar surface area (TPSA) is 56.4 Å². The van der Waals surface area contributed by atoms with E-state index in [0.29, 0.717) is 12.0 Å². The summed E-state index contributed by atoms with van der Waals surface area (Å²) in [6.45, 7) is 16.4. The maximum absolute atomic E-state index is 12.3. The molecule has 5 heteroatoms. The summed E-state index contributed by atoms with van der Waals surface area (Å²) < 4.78 is 0. The van der Waals surface area contributed by atoms with E-state index < -0.39 is 0 Å². The Morgan fingerprint density at radius 2 is 1.83 bits per heavy atom. The van der Waals surface area contributed by atoms with E-state index in [1.54, 1.807) is 0 Å². The van der Waals surface area contributed by atoms with Gasteiger partial charge in [0.2, 0.25) is 0 Å². The van der Waals surface area contributed by atoms with Gasteiger partial charge in [0.15, 0.2) is 0 Å². The number of amides is 2. The molecule has 2 amide bonds. The van der Waals surface area contributed by atoms with Crippen molar-refractivity contribution in [3.63, 3.8) is 0 Å². The fraction of sp³-hybridized carbons (Fsp3) is 0.947. The van der Waals surface area contributed by atoms with E-state index in [2.05, 4.69) is 62.4 Å². The summed E-state index contributed by atoms with van der Waals surface area (Å²) in [5.41, 5.74) is 0.113. The van der Waals surface area contributed by atoms with Gasteiger partial charge in [0.1, 0.15) is 0 Å². The summed E-state index contributed by atoms with van der Waals surface area (Å²) in [5.74, 6) is 0.577. The molecule has 24 heavy (non-hydrogen) atoms. The molecular formula is C19H38N4O. The highest BCUT2D eigenvalue weighted by atomic mass is 16.2. The average molecular weight is 339 g/mol. The maximum atomic E-state index is 12.3. The molecule has 5 nitrogen and oxygen atoms in total. The number of hydrogen-bond donors (Lipinski definition) is 3. The molecule has 2 aliphatic heterocycles. The van der Waals surface area contributed by atoms with E-state index in [9.17, 15) is 4.79 Å². The molecule has 3 N–H and O–H groups in total. The minimum Gasteiger partial charge on any atom is -0.338 e. The Kier molecular flexibility index (Phi) is 6.19. The third-order valence-electron chi connectivity index (χ3n) is 5.36. The van der Waals surface area contributed by atoms with Crippen molar-refractivity contribution in [1.29, 1.82) is 0 Å². The highest BCUT2D eigenvalue weighted by Gasteiger charge is 2.38. The van der Waals surface area contributed by atoms with Crippen molar-refractivity contribution in [3.8, 4) is 0 Å². The van der Waals surface area contributed by atoms with Crippen molar-refractivity contribution in [1.82, 2.24) is 20.9 Å². The van der Waals surface area contributed by atoms with E-state index in [-0.39, 0.29) is 23.2 Å². The van der Waals surface area contributed by atoms with Crippen LogP contribution in [0, 0.1) is 5.92 Å². The summed E-state index contributed by atoms with van der Waals surface area (Å²) in [5, 5.41) is 9.97. The van der Waals surface area contributed by atoms with Crippen LogP contribution in [-0.4, -0.2) is 53.7 Å². The third-order valence-corrected chi connectivity index (χ3v) is 5.36. The molecule has 0 aromatic heterocycles. The van der Waals surface area contributed by atoms with Crippen molar-refractivity contribution in [2.24, 2.45) is 5.92 Å². The molecule has 0 saturated carbocycles. The van der Waals surface area contributed by atoms with Crippen molar-refractivity contribution in [2.45, 2.75) is 90.4 Å². The lowest BCUT2D eigenvalue weighted by Crippen LogP contribution is -2.62. The second kappa shape index (κ2) is 7.61. The molecule has 0 aliphatic carbocycles. The Bertz CT molecular complexity index is 417. The Labute approximate surface area is 148 Å². The molecule has 0 radical (unpaired) electrons. The molecule has 2 aliphatic rings. The van der Waals surface area contributed by atoms with Crippen molar-refractivity contribution in [3.05, 3.63) is 0 Å². The minimum absolute atomic E-state index is 0.00447. The second-order valence-corrected chi connectivity index (χ2v) is 9.45. The van der Waals surface area contributed by atoms with E-state index in [1.807, 2.05) is 0 Å². The monoisotopic (exact) mass is 338 g/mol. The first kappa shape index (κ1) is 19.5. The van der Waals surface area contributed by atoms with Gasteiger partial charge < -0.3 is 20.9 Å². The molecule has 0 spiro atoms. The number of rotatable bonds is 4. The second-order valence-electron chi connectivity index (χ2n) is 9.45. The molecule has 2 saturated heterocycles. The number of nitrogens with one attached hydrogen (secondary N) is 3. The highest BCUT2D eigenvalue weighted by Crippen LogP contribution is 2.28. The number of carbonyl (C=O) groups is 1. The van der Waals surface area contributed by atoms with Crippen LogP contribution >= 0.6 is 0 Å². The third kappa shape index (κ3) is 5.92. The number of piperidine rings is 2. The first-order chi connectivity index (χ1) is 11.1. The van der Waals surface area contributed by atoms with Crippen LogP contribution in [0.4, 0.5) is 4.79 Å². The van der Waals surface area contributed by atoms with Crippen LogP contribution in [0.2, 0.25) is 0 Å². The first-order valence-electron chi connectivity index (χ1n) is 9.64. The van der Waals surface area contributed by atoms with Crippen LogP contribution in [0.5, 0.6) is 0 Å². The quantitative estimate of drug-likeness (QED) is 0.739. The van der Waals surface area contributed by atoms with Gasteiger partial charge in [-0.2, -0.15) is 0 Å². The zero-order valence-electron chi connectivity index (χ0n) is 16.5. The van der Waals surface area contributed by atoms with Gasteiger partial charge in [0, 0.05) is 36.3 Å². The predicted octanol–water partition coefficient (Wildman–Crippen LogP) is 2.72. The summed E-state index contributed by atoms with van der Waals surface area (Å²) in [6, 6.07) is 0.825. The highest BCUT2D eigenvalue weighted by molar-refractivity contribution is 5.74. The average Bonchev–Trinajstić information content (AvgIpc) is 2.42. The smallest absolute Gasteiger partial charge is 0.315 e. The number of urea groups is 1. The van der Waals surface area contributed by atoms with Crippen LogP contribution < -0.4 is 16.0 Å². The Hall–Kier alpha value is -0.810. The van der Waals surface area contributed by atoms with Crippen LogP contribution in [-0.2, 0) is 0 Å². The Morgan fingerprint density at radius 1 is 1.21 bits per heavy atom. The summed E-state index contributed by atoms with van der Waals surface area (Å²) in [6.07, 6.45) is 4.39. The Balaban J connectivity index is 1.77. The molecule has 2 fully saturated rings. The van der Waals surface area contributed by atoms with Gasteiger partial charge >= 0.3 is 6.03 Å². The molecule has 2 heterocycles. The zero-order chi connectivity index (χ0) is 18.0. The van der Waals surface area contributed by atoms with Gasteiger partial charge in [-0.3, -0.25) is 0 Å². The molecule has 0 aromatic carbocycles. The van der Waals surface area contributed by atoms with Gasteiger partial charge in [-0.15, -0.1) is 0 Å². The molecule has 140 valence electrons. The van der Waals surface area contributed by atoms with Crippen LogP contribution in [0.15, 0.2) is 0 Å². The molecule has 1 atom stereocenters. The van der Waals surface area contributed by atoms with Gasteiger partial charge in [0.25, 0.3) is 0 Å². The van der Waals surface area contributed by atoms with Gasteiger partial charge in [-0.1, -0.05) is 0 Å². The number of nitrogens with zero attached hydrogens (tertiary/aromatic N) is 1. The van der Waals surface area contributed by atoms with Gasteiger partial charge in [-0.25, -0.2) is 4.79 Å². The fourth-order valence-electron chi connectivity index (χ4n) is 4.63. The molecule has 2 rings (SSSR count). The molecule has 0 bridgehead atoms. The SMILES string of the molecule is CC(C)N1CCC[C@H](CNC(=O)NC2CC(C)(C)NC(C)(C)C2)C1. The molecule has 0 unspecified atom stereocenters. The maximum Gasteiger partial charge on any atom is 0.315 e. The summed E-state index contributed by atoms with van der Waals surface area (Å²) in [4.78, 5) is 14.9.